The predicted molar refractivity (Wildman–Crippen MR) is 76.0 cm³/mol. The number of likely N-dealkylation sites (tertiary alicyclic amines) is 1. The Morgan fingerprint density at radius 1 is 1.32 bits per heavy atom. The summed E-state index contributed by atoms with van der Waals surface area (Å²) in [6.45, 7) is 8.13. The first kappa shape index (κ1) is 14.4. The minimum atomic E-state index is 0.212. The summed E-state index contributed by atoms with van der Waals surface area (Å²) in [4.78, 5) is 14.2. The molecule has 6 heteroatoms. The van der Waals surface area contributed by atoms with E-state index in [2.05, 4.69) is 24.0 Å². The Hall–Kier alpha value is -1.04. The number of nitrogens with zero attached hydrogens (tertiary/aromatic N) is 4. The third-order valence-corrected chi connectivity index (χ3v) is 4.60. The Bertz CT molecular complexity index is 449. The van der Waals surface area contributed by atoms with Crippen LogP contribution in [0.2, 0.25) is 0 Å². The quantitative estimate of drug-likeness (QED) is 0.792. The molecule has 2 heterocycles. The summed E-state index contributed by atoms with van der Waals surface area (Å²) in [7, 11) is 1.92. The molecular formula is C13H22N4OS. The zero-order valence-corrected chi connectivity index (χ0v) is 12.9. The fraction of sp³-hybridized carbons (Fsp3) is 0.769. The van der Waals surface area contributed by atoms with Gasteiger partial charge in [0.2, 0.25) is 5.91 Å². The highest BCUT2D eigenvalue weighted by molar-refractivity contribution is 7.99. The van der Waals surface area contributed by atoms with E-state index in [0.717, 1.165) is 24.1 Å². The zero-order valence-electron chi connectivity index (χ0n) is 12.1. The van der Waals surface area contributed by atoms with Crippen LogP contribution >= 0.6 is 11.8 Å². The average molecular weight is 282 g/mol. The van der Waals surface area contributed by atoms with Gasteiger partial charge in [-0.25, -0.2) is 0 Å². The SMILES string of the molecule is Cc1nnc(SCC(=O)N2C[C@@H](C)C[C@H](C)C2)n1C. The molecule has 5 nitrogen and oxygen atoms in total. The lowest BCUT2D eigenvalue weighted by Crippen LogP contribution is -2.43. The van der Waals surface area contributed by atoms with Crippen molar-refractivity contribution in [3.8, 4) is 0 Å². The molecule has 106 valence electrons. The van der Waals surface area contributed by atoms with Gasteiger partial charge in [-0.15, -0.1) is 10.2 Å². The van der Waals surface area contributed by atoms with Gasteiger partial charge in [0.1, 0.15) is 5.82 Å². The lowest BCUT2D eigenvalue weighted by atomic mass is 9.92. The Labute approximate surface area is 118 Å². The second-order valence-electron chi connectivity index (χ2n) is 5.62. The van der Waals surface area contributed by atoms with E-state index >= 15 is 0 Å². The van der Waals surface area contributed by atoms with Crippen LogP contribution in [0.15, 0.2) is 5.16 Å². The van der Waals surface area contributed by atoms with Gasteiger partial charge in [-0.2, -0.15) is 0 Å². The molecule has 2 atom stereocenters. The molecule has 0 saturated carbocycles. The van der Waals surface area contributed by atoms with Gasteiger partial charge in [-0.1, -0.05) is 25.6 Å². The van der Waals surface area contributed by atoms with Crippen LogP contribution in [0.3, 0.4) is 0 Å². The molecule has 0 radical (unpaired) electrons. The number of hydrogen-bond acceptors (Lipinski definition) is 4. The van der Waals surface area contributed by atoms with E-state index < -0.39 is 0 Å². The van der Waals surface area contributed by atoms with Crippen molar-refractivity contribution in [1.82, 2.24) is 19.7 Å². The minimum Gasteiger partial charge on any atom is -0.341 e. The molecule has 0 N–H and O–H groups in total. The molecule has 0 bridgehead atoms. The van der Waals surface area contributed by atoms with E-state index in [-0.39, 0.29) is 5.91 Å². The Kier molecular flexibility index (Phi) is 4.50. The maximum Gasteiger partial charge on any atom is 0.233 e. The van der Waals surface area contributed by atoms with Gasteiger partial charge < -0.3 is 9.47 Å². The van der Waals surface area contributed by atoms with Crippen molar-refractivity contribution in [3.63, 3.8) is 0 Å². The van der Waals surface area contributed by atoms with Crippen molar-refractivity contribution in [2.24, 2.45) is 18.9 Å². The van der Waals surface area contributed by atoms with Gasteiger partial charge in [0.05, 0.1) is 5.75 Å². The lowest BCUT2D eigenvalue weighted by Gasteiger charge is -2.34. The number of hydrogen-bond donors (Lipinski definition) is 0. The molecule has 0 unspecified atom stereocenters. The Morgan fingerprint density at radius 2 is 1.95 bits per heavy atom. The van der Waals surface area contributed by atoms with Crippen LogP contribution < -0.4 is 0 Å². The topological polar surface area (TPSA) is 51.0 Å². The first-order valence-electron chi connectivity index (χ1n) is 6.74. The van der Waals surface area contributed by atoms with Gasteiger partial charge in [0.15, 0.2) is 5.16 Å². The molecule has 1 aromatic heterocycles. The molecular weight excluding hydrogens is 260 g/mol. The molecule has 0 aromatic carbocycles. The van der Waals surface area contributed by atoms with Gasteiger partial charge in [0, 0.05) is 20.1 Å². The van der Waals surface area contributed by atoms with Crippen molar-refractivity contribution in [2.45, 2.75) is 32.3 Å². The van der Waals surface area contributed by atoms with Crippen LogP contribution in [0.1, 0.15) is 26.1 Å². The molecule has 2 rings (SSSR count). The molecule has 1 aliphatic rings. The number of amides is 1. The Balaban J connectivity index is 1.89. The van der Waals surface area contributed by atoms with E-state index in [1.807, 2.05) is 23.4 Å². The third-order valence-electron chi connectivity index (χ3n) is 3.60. The summed E-state index contributed by atoms with van der Waals surface area (Å²) in [6, 6.07) is 0. The van der Waals surface area contributed by atoms with Gasteiger partial charge in [-0.05, 0) is 25.2 Å². The summed E-state index contributed by atoms with van der Waals surface area (Å²) in [6.07, 6.45) is 1.22. The first-order valence-corrected chi connectivity index (χ1v) is 7.72. The minimum absolute atomic E-state index is 0.212. The number of thioether (sulfide) groups is 1. The van der Waals surface area contributed by atoms with E-state index in [0.29, 0.717) is 17.6 Å². The molecule has 1 aliphatic heterocycles. The van der Waals surface area contributed by atoms with E-state index in [4.69, 9.17) is 0 Å². The predicted octanol–water partition coefficient (Wildman–Crippen LogP) is 1.72. The highest BCUT2D eigenvalue weighted by Crippen LogP contribution is 2.22. The van der Waals surface area contributed by atoms with Crippen molar-refractivity contribution < 1.29 is 4.79 Å². The van der Waals surface area contributed by atoms with Gasteiger partial charge in [0.25, 0.3) is 0 Å². The van der Waals surface area contributed by atoms with Crippen molar-refractivity contribution in [3.05, 3.63) is 5.82 Å². The monoisotopic (exact) mass is 282 g/mol. The lowest BCUT2D eigenvalue weighted by molar-refractivity contribution is -0.130. The van der Waals surface area contributed by atoms with E-state index in [1.54, 1.807) is 0 Å². The van der Waals surface area contributed by atoms with Crippen LogP contribution in [0.4, 0.5) is 0 Å². The summed E-state index contributed by atoms with van der Waals surface area (Å²) in [5, 5.41) is 8.87. The fourth-order valence-corrected chi connectivity index (χ4v) is 3.46. The normalized spacial score (nSPS) is 23.7. The fourth-order valence-electron chi connectivity index (χ4n) is 2.60. The molecule has 19 heavy (non-hydrogen) atoms. The largest absolute Gasteiger partial charge is 0.341 e. The van der Waals surface area contributed by atoms with E-state index in [1.165, 1.54) is 18.2 Å². The van der Waals surface area contributed by atoms with Gasteiger partial charge >= 0.3 is 0 Å². The maximum absolute atomic E-state index is 12.2. The van der Waals surface area contributed by atoms with Crippen molar-refractivity contribution in [1.29, 1.82) is 0 Å². The molecule has 0 spiro atoms. The molecule has 1 aromatic rings. The molecule has 1 amide bonds. The standard InChI is InChI=1S/C13H22N4OS/c1-9-5-10(2)7-17(6-9)12(18)8-19-13-15-14-11(3)16(13)4/h9-10H,5-8H2,1-4H3/t9-,10-/m0/s1. The molecule has 1 fully saturated rings. The summed E-state index contributed by atoms with van der Waals surface area (Å²) < 4.78 is 1.92. The summed E-state index contributed by atoms with van der Waals surface area (Å²) >= 11 is 1.47. The Morgan fingerprint density at radius 3 is 2.47 bits per heavy atom. The third kappa shape index (κ3) is 3.49. The molecule has 0 aliphatic carbocycles. The van der Waals surface area contributed by atoms with Gasteiger partial charge in [-0.3, -0.25) is 4.79 Å². The van der Waals surface area contributed by atoms with Crippen LogP contribution in [-0.2, 0) is 11.8 Å². The number of rotatable bonds is 3. The number of piperidine rings is 1. The second kappa shape index (κ2) is 5.94. The summed E-state index contributed by atoms with van der Waals surface area (Å²) in [5.41, 5.74) is 0. The number of carbonyl (C=O) groups excluding carboxylic acids is 1. The zero-order chi connectivity index (χ0) is 14.0. The van der Waals surface area contributed by atoms with Crippen LogP contribution in [0, 0.1) is 18.8 Å². The second-order valence-corrected chi connectivity index (χ2v) is 6.56. The maximum atomic E-state index is 12.2. The highest BCUT2D eigenvalue weighted by atomic mass is 32.2. The van der Waals surface area contributed by atoms with Crippen LogP contribution in [0.5, 0.6) is 0 Å². The highest BCUT2D eigenvalue weighted by Gasteiger charge is 2.25. The number of aryl methyl sites for hydroxylation is 1. The molecule has 1 saturated heterocycles. The van der Waals surface area contributed by atoms with Crippen LogP contribution in [0.25, 0.3) is 0 Å². The first-order chi connectivity index (χ1) is 8.97. The van der Waals surface area contributed by atoms with Crippen molar-refractivity contribution >= 4 is 17.7 Å². The number of aromatic nitrogens is 3. The van der Waals surface area contributed by atoms with Crippen molar-refractivity contribution in [2.75, 3.05) is 18.8 Å². The average Bonchev–Trinajstić information content (AvgIpc) is 2.66. The summed E-state index contributed by atoms with van der Waals surface area (Å²) in [5.74, 6) is 2.74. The van der Waals surface area contributed by atoms with Crippen LogP contribution in [-0.4, -0.2) is 44.4 Å². The number of carbonyl (C=O) groups is 1. The van der Waals surface area contributed by atoms with E-state index in [9.17, 15) is 4.79 Å². The smallest absolute Gasteiger partial charge is 0.233 e.